The highest BCUT2D eigenvalue weighted by Crippen LogP contribution is 2.53. The zero-order valence-corrected chi connectivity index (χ0v) is 8.82. The van der Waals surface area contributed by atoms with Crippen LogP contribution in [0.1, 0.15) is 38.5 Å². The molecule has 0 aromatic heterocycles. The van der Waals surface area contributed by atoms with Gasteiger partial charge in [-0.05, 0) is 43.4 Å². The van der Waals surface area contributed by atoms with Crippen LogP contribution in [0.5, 0.6) is 0 Å². The van der Waals surface area contributed by atoms with Gasteiger partial charge in [0, 0.05) is 0 Å². The van der Waals surface area contributed by atoms with Crippen LogP contribution in [0.25, 0.3) is 0 Å². The first kappa shape index (κ1) is 8.96. The zero-order chi connectivity index (χ0) is 9.54. The lowest BCUT2D eigenvalue weighted by Crippen LogP contribution is -2.35. The molecule has 2 bridgehead atoms. The van der Waals surface area contributed by atoms with E-state index in [-0.39, 0.29) is 0 Å². The smallest absolute Gasteiger partial charge is 0.0642 e. The van der Waals surface area contributed by atoms with Crippen molar-refractivity contribution < 1.29 is 4.74 Å². The van der Waals surface area contributed by atoms with Crippen LogP contribution in [0.4, 0.5) is 0 Å². The van der Waals surface area contributed by atoms with Gasteiger partial charge in [-0.25, -0.2) is 0 Å². The van der Waals surface area contributed by atoms with Crippen LogP contribution >= 0.6 is 0 Å². The Morgan fingerprint density at radius 3 is 2.79 bits per heavy atom. The molecule has 1 aliphatic carbocycles. The summed E-state index contributed by atoms with van der Waals surface area (Å²) in [7, 11) is 0. The summed E-state index contributed by atoms with van der Waals surface area (Å²) in [5.41, 5.74) is 0. The summed E-state index contributed by atoms with van der Waals surface area (Å²) in [6.45, 7) is 3.86. The summed E-state index contributed by atoms with van der Waals surface area (Å²) in [5.74, 6) is 2.64. The average molecular weight is 192 g/mol. The third-order valence-corrected chi connectivity index (χ3v) is 4.58. The first-order valence-corrected chi connectivity index (χ1v) is 6.16. The molecule has 0 amide bonds. The standard InChI is InChI=1S/C13H20O/c1-2-5-9-8-12-10-6-3-4-7-11(10)13(9)14-12/h2,9-13H,1,3-8H2/t9-,10+,11-,12+,13-/m0/s1. The Bertz CT molecular complexity index is 235. The van der Waals surface area contributed by atoms with Gasteiger partial charge in [0.1, 0.15) is 0 Å². The molecular weight excluding hydrogens is 172 g/mol. The van der Waals surface area contributed by atoms with Crippen molar-refractivity contribution in [3.63, 3.8) is 0 Å². The van der Waals surface area contributed by atoms with E-state index >= 15 is 0 Å². The first-order valence-electron chi connectivity index (χ1n) is 6.16. The Morgan fingerprint density at radius 2 is 2.00 bits per heavy atom. The molecule has 2 heterocycles. The van der Waals surface area contributed by atoms with Crippen molar-refractivity contribution in [3.8, 4) is 0 Å². The van der Waals surface area contributed by atoms with Crippen molar-refractivity contribution >= 4 is 0 Å². The van der Waals surface area contributed by atoms with Gasteiger partial charge in [0.2, 0.25) is 0 Å². The summed E-state index contributed by atoms with van der Waals surface area (Å²) < 4.78 is 6.14. The quantitative estimate of drug-likeness (QED) is 0.611. The second-order valence-electron chi connectivity index (χ2n) is 5.27. The molecule has 3 aliphatic rings. The van der Waals surface area contributed by atoms with E-state index in [0.29, 0.717) is 12.2 Å². The van der Waals surface area contributed by atoms with Crippen LogP contribution in [-0.4, -0.2) is 12.2 Å². The van der Waals surface area contributed by atoms with Crippen LogP contribution < -0.4 is 0 Å². The first-order chi connectivity index (χ1) is 6.90. The van der Waals surface area contributed by atoms with Crippen molar-refractivity contribution in [2.24, 2.45) is 17.8 Å². The fraction of sp³-hybridized carbons (Fsp3) is 0.846. The number of ether oxygens (including phenoxy) is 1. The molecule has 5 atom stereocenters. The average Bonchev–Trinajstić information content (AvgIpc) is 2.77. The number of hydrogen-bond donors (Lipinski definition) is 0. The van der Waals surface area contributed by atoms with Gasteiger partial charge in [-0.1, -0.05) is 18.9 Å². The fourth-order valence-corrected chi connectivity index (χ4v) is 4.03. The number of allylic oxidation sites excluding steroid dienone is 1. The summed E-state index contributed by atoms with van der Waals surface area (Å²) in [6, 6.07) is 0. The molecule has 1 nitrogen and oxygen atoms in total. The molecule has 3 rings (SSSR count). The van der Waals surface area contributed by atoms with E-state index in [1.54, 1.807) is 0 Å². The lowest BCUT2D eigenvalue weighted by Gasteiger charge is -2.35. The third-order valence-electron chi connectivity index (χ3n) is 4.58. The second-order valence-corrected chi connectivity index (χ2v) is 5.27. The molecule has 1 heteroatoms. The van der Waals surface area contributed by atoms with Crippen molar-refractivity contribution in [2.75, 3.05) is 0 Å². The summed E-state index contributed by atoms with van der Waals surface area (Å²) in [6.07, 6.45) is 11.5. The fourth-order valence-electron chi connectivity index (χ4n) is 4.03. The Balaban J connectivity index is 1.75. The SMILES string of the molecule is C=CC[C@H]1C[C@H]2O[C@@H]1[C@H]1CCCC[C@H]12. The molecule has 2 saturated heterocycles. The van der Waals surface area contributed by atoms with Crippen molar-refractivity contribution in [1.29, 1.82) is 0 Å². The summed E-state index contributed by atoms with van der Waals surface area (Å²) >= 11 is 0. The minimum Gasteiger partial charge on any atom is -0.374 e. The molecule has 0 spiro atoms. The maximum absolute atomic E-state index is 6.14. The lowest BCUT2D eigenvalue weighted by molar-refractivity contribution is 0.0743. The van der Waals surface area contributed by atoms with Crippen LogP contribution in [0.3, 0.4) is 0 Å². The molecule has 14 heavy (non-hydrogen) atoms. The minimum absolute atomic E-state index is 0.600. The van der Waals surface area contributed by atoms with Crippen LogP contribution in [-0.2, 0) is 4.74 Å². The summed E-state index contributed by atoms with van der Waals surface area (Å²) in [4.78, 5) is 0. The van der Waals surface area contributed by atoms with Gasteiger partial charge in [-0.2, -0.15) is 0 Å². The Kier molecular flexibility index (Phi) is 2.16. The van der Waals surface area contributed by atoms with Gasteiger partial charge in [0.05, 0.1) is 12.2 Å². The highest BCUT2D eigenvalue weighted by Gasteiger charge is 2.53. The maximum atomic E-state index is 6.14. The van der Waals surface area contributed by atoms with Gasteiger partial charge in [-0.3, -0.25) is 0 Å². The van der Waals surface area contributed by atoms with Crippen molar-refractivity contribution in [3.05, 3.63) is 12.7 Å². The van der Waals surface area contributed by atoms with Gasteiger partial charge < -0.3 is 4.74 Å². The van der Waals surface area contributed by atoms with Gasteiger partial charge in [-0.15, -0.1) is 6.58 Å². The largest absolute Gasteiger partial charge is 0.374 e. The van der Waals surface area contributed by atoms with E-state index in [1.807, 2.05) is 0 Å². The molecule has 0 N–H and O–H groups in total. The monoisotopic (exact) mass is 192 g/mol. The molecule has 1 saturated carbocycles. The van der Waals surface area contributed by atoms with Crippen molar-refractivity contribution in [1.82, 2.24) is 0 Å². The van der Waals surface area contributed by atoms with Crippen LogP contribution in [0.15, 0.2) is 12.7 Å². The Labute approximate surface area is 86.5 Å². The Hall–Kier alpha value is -0.300. The maximum Gasteiger partial charge on any atom is 0.0642 e. The lowest BCUT2D eigenvalue weighted by atomic mass is 9.67. The Morgan fingerprint density at radius 1 is 1.21 bits per heavy atom. The zero-order valence-electron chi connectivity index (χ0n) is 8.82. The van der Waals surface area contributed by atoms with Crippen LogP contribution in [0, 0.1) is 17.8 Å². The third kappa shape index (κ3) is 1.18. The van der Waals surface area contributed by atoms with E-state index in [2.05, 4.69) is 12.7 Å². The molecule has 0 aromatic rings. The predicted octanol–water partition coefficient (Wildman–Crippen LogP) is 3.16. The van der Waals surface area contributed by atoms with Gasteiger partial charge in [0.25, 0.3) is 0 Å². The normalized spacial score (nSPS) is 50.4. The molecular formula is C13H20O. The van der Waals surface area contributed by atoms with Crippen LogP contribution in [0.2, 0.25) is 0 Å². The van der Waals surface area contributed by atoms with Gasteiger partial charge >= 0.3 is 0 Å². The molecule has 0 radical (unpaired) electrons. The molecule has 2 aliphatic heterocycles. The molecule has 3 fully saturated rings. The van der Waals surface area contributed by atoms with E-state index in [1.165, 1.54) is 38.5 Å². The highest BCUT2D eigenvalue weighted by molar-refractivity contribution is 5.03. The predicted molar refractivity (Wildman–Crippen MR) is 57.0 cm³/mol. The highest BCUT2D eigenvalue weighted by atomic mass is 16.5. The topological polar surface area (TPSA) is 9.23 Å². The molecule has 0 aromatic carbocycles. The van der Waals surface area contributed by atoms with Gasteiger partial charge in [0.15, 0.2) is 0 Å². The second kappa shape index (κ2) is 3.37. The van der Waals surface area contributed by atoms with E-state index in [0.717, 1.165) is 17.8 Å². The van der Waals surface area contributed by atoms with E-state index < -0.39 is 0 Å². The van der Waals surface area contributed by atoms with E-state index in [9.17, 15) is 0 Å². The number of rotatable bonds is 2. The van der Waals surface area contributed by atoms with E-state index in [4.69, 9.17) is 4.74 Å². The molecule has 0 unspecified atom stereocenters. The minimum atomic E-state index is 0.600. The van der Waals surface area contributed by atoms with Crippen molar-refractivity contribution in [2.45, 2.75) is 50.7 Å². The number of hydrogen-bond acceptors (Lipinski definition) is 1. The number of fused-ring (bicyclic) bond motifs is 5. The summed E-state index contributed by atoms with van der Waals surface area (Å²) in [5, 5.41) is 0. The molecule has 78 valence electrons.